The Hall–Kier alpha value is -6.86. The number of aromatic nitrogens is 4. The maximum atomic E-state index is 12.9. The number of aliphatic hydroxyl groups excluding tert-OH is 1. The van der Waals surface area contributed by atoms with Gasteiger partial charge in [0.25, 0.3) is 0 Å². The van der Waals surface area contributed by atoms with E-state index < -0.39 is 0 Å². The van der Waals surface area contributed by atoms with Crippen LogP contribution in [0.25, 0.3) is 67.4 Å². The summed E-state index contributed by atoms with van der Waals surface area (Å²) in [6.07, 6.45) is 6.65. The number of hydrogen-bond donors (Lipinski definition) is 1. The van der Waals surface area contributed by atoms with Crippen molar-refractivity contribution in [3.05, 3.63) is 239 Å². The molecule has 0 aliphatic heterocycles. The van der Waals surface area contributed by atoms with Gasteiger partial charge in [0, 0.05) is 76.1 Å². The quantitative estimate of drug-likeness (QED) is 0.0972. The molecule has 0 atom stereocenters. The third-order valence-electron chi connectivity index (χ3n) is 10.4. The van der Waals surface area contributed by atoms with E-state index in [0.29, 0.717) is 0 Å². The van der Waals surface area contributed by atoms with Gasteiger partial charge in [0.15, 0.2) is 5.78 Å². The van der Waals surface area contributed by atoms with E-state index in [4.69, 9.17) is 15.1 Å². The molecule has 0 saturated carbocycles. The van der Waals surface area contributed by atoms with Crippen molar-refractivity contribution in [2.24, 2.45) is 0 Å². The maximum Gasteiger partial charge on any atom is 0.155 e. The van der Waals surface area contributed by atoms with Gasteiger partial charge in [0.2, 0.25) is 0 Å². The second-order valence-corrected chi connectivity index (χ2v) is 16.5. The molecule has 0 spiro atoms. The molecule has 3 heterocycles. The Kier molecular flexibility index (Phi) is 21.8. The van der Waals surface area contributed by atoms with Crippen LogP contribution in [0.1, 0.15) is 47.2 Å². The molecule has 9 aromatic rings. The molecule has 0 amide bonds. The fourth-order valence-electron chi connectivity index (χ4n) is 7.55. The van der Waals surface area contributed by atoms with Gasteiger partial charge in [-0.25, -0.2) is 4.39 Å². The zero-order chi connectivity index (χ0) is 48.6. The summed E-state index contributed by atoms with van der Waals surface area (Å²) in [5, 5.41) is 8.36. The summed E-state index contributed by atoms with van der Waals surface area (Å²) in [7, 11) is 0. The molecular formula is C61H54FIr2N4O2-3. The molecule has 2 radical (unpaired) electrons. The van der Waals surface area contributed by atoms with Crippen molar-refractivity contribution in [3.8, 4) is 67.4 Å². The van der Waals surface area contributed by atoms with Crippen LogP contribution in [0.4, 0.5) is 4.39 Å². The topological polar surface area (TPSA) is 88.9 Å². The third-order valence-corrected chi connectivity index (χ3v) is 10.4. The van der Waals surface area contributed by atoms with Gasteiger partial charge in [-0.1, -0.05) is 97.8 Å². The van der Waals surface area contributed by atoms with Gasteiger partial charge in [-0.2, -0.15) is 0 Å². The van der Waals surface area contributed by atoms with Crippen LogP contribution in [0, 0.1) is 65.6 Å². The standard InChI is InChI=1S/C28H27N2.C17H11FN.C11H8N.C5H8O2.2Ir/c1-17-10-18(2)13-23(12-17)27-28(24-14-19(3)11-20(4)15-24)30-25(16-29-27)26-21(5)8-7-9-22(26)6;18-16-9-6-13(7-10-16)15-8-11-17(19-12-15)14-4-2-1-3-5-14;1-2-6-10(7-3-1)11-8-4-5-9-12-11;1-4(6)3-5(2)7;;/h7-12,14-16H,1-6H3;1-4,6-12H;1-6,8-9H;3,6H,1-2H3;;/q3*-1;;;. The molecule has 0 bridgehead atoms. The molecule has 1 N–H and O–H groups in total. The normalized spacial score (nSPS) is 10.3. The van der Waals surface area contributed by atoms with Crippen LogP contribution in [-0.4, -0.2) is 30.8 Å². The number of rotatable bonds is 7. The Morgan fingerprint density at radius 2 is 1.13 bits per heavy atom. The van der Waals surface area contributed by atoms with Crippen LogP contribution in [0.5, 0.6) is 0 Å². The number of benzene rings is 6. The molecule has 6 aromatic carbocycles. The predicted octanol–water partition coefficient (Wildman–Crippen LogP) is 15.1. The number of ketones is 1. The van der Waals surface area contributed by atoms with E-state index in [2.05, 4.69) is 118 Å². The number of allylic oxidation sites excluding steroid dienone is 2. The fourth-order valence-corrected chi connectivity index (χ4v) is 7.55. The molecule has 0 fully saturated rings. The third kappa shape index (κ3) is 16.4. The molecule has 0 saturated heterocycles. The van der Waals surface area contributed by atoms with Gasteiger partial charge >= 0.3 is 0 Å². The minimum absolute atomic E-state index is 0. The summed E-state index contributed by atoms with van der Waals surface area (Å²) < 4.78 is 12.9. The Labute approximate surface area is 439 Å². The first-order valence-electron chi connectivity index (χ1n) is 22.2. The first-order chi connectivity index (χ1) is 32.7. The van der Waals surface area contributed by atoms with Crippen LogP contribution in [-0.2, 0) is 45.0 Å². The van der Waals surface area contributed by atoms with E-state index in [1.807, 2.05) is 85.1 Å². The van der Waals surface area contributed by atoms with Crippen LogP contribution in [0.3, 0.4) is 0 Å². The van der Waals surface area contributed by atoms with Crippen molar-refractivity contribution in [1.82, 2.24) is 19.9 Å². The number of aryl methyl sites for hydroxylation is 6. The van der Waals surface area contributed by atoms with E-state index >= 15 is 0 Å². The summed E-state index contributed by atoms with van der Waals surface area (Å²) in [4.78, 5) is 28.8. The summed E-state index contributed by atoms with van der Waals surface area (Å²) in [6.45, 7) is 15.5. The monoisotopic (exact) mass is 1280 g/mol. The SMILES string of the molecule is CC(=O)C=C(C)O.Cc1[c-]c(-c2ncc(-c3c(C)cccc3C)nc2-c2cc(C)cc(C)c2)cc(C)c1.Fc1ccc(-c2ccc(-c3[c-]cccc3)nc2)cc1.[Ir].[Ir].[c-]1ccccc1-c1ccccn1. The largest absolute Gasteiger partial charge is 0.512 e. The number of halogens is 1. The van der Waals surface area contributed by atoms with Crippen LogP contribution in [0.15, 0.2) is 182 Å². The van der Waals surface area contributed by atoms with Gasteiger partial charge < -0.3 is 20.1 Å². The summed E-state index contributed by atoms with van der Waals surface area (Å²) in [5.74, 6) is -0.292. The van der Waals surface area contributed by atoms with Crippen molar-refractivity contribution in [2.75, 3.05) is 0 Å². The van der Waals surface area contributed by atoms with Crippen molar-refractivity contribution in [2.45, 2.75) is 55.4 Å². The van der Waals surface area contributed by atoms with Crippen molar-refractivity contribution in [3.63, 3.8) is 0 Å². The molecule has 0 aliphatic carbocycles. The maximum absolute atomic E-state index is 12.9. The van der Waals surface area contributed by atoms with Gasteiger partial charge in [0.05, 0.1) is 17.1 Å². The number of aliphatic hydroxyl groups is 1. The minimum Gasteiger partial charge on any atom is -0.512 e. The summed E-state index contributed by atoms with van der Waals surface area (Å²) in [6, 6.07) is 58.7. The Morgan fingerprint density at radius 3 is 1.63 bits per heavy atom. The smallest absolute Gasteiger partial charge is 0.155 e. The van der Waals surface area contributed by atoms with Crippen LogP contribution >= 0.6 is 0 Å². The number of carbonyl (C=O) groups excluding carboxylic acids is 1. The molecular weight excluding hydrogens is 1220 g/mol. The summed E-state index contributed by atoms with van der Waals surface area (Å²) >= 11 is 0. The number of hydrogen-bond acceptors (Lipinski definition) is 6. The number of pyridine rings is 2. The van der Waals surface area contributed by atoms with Gasteiger partial charge in [-0.15, -0.1) is 107 Å². The zero-order valence-electron chi connectivity index (χ0n) is 40.4. The van der Waals surface area contributed by atoms with Crippen molar-refractivity contribution >= 4 is 5.78 Å². The average molecular weight is 1280 g/mol. The molecule has 358 valence electrons. The van der Waals surface area contributed by atoms with Crippen LogP contribution < -0.4 is 0 Å². The van der Waals surface area contributed by atoms with E-state index in [1.54, 1.807) is 24.5 Å². The van der Waals surface area contributed by atoms with Crippen molar-refractivity contribution < 1.29 is 54.5 Å². The second-order valence-electron chi connectivity index (χ2n) is 16.5. The van der Waals surface area contributed by atoms with Gasteiger partial charge in [0.1, 0.15) is 5.82 Å². The van der Waals surface area contributed by atoms with Crippen LogP contribution in [0.2, 0.25) is 0 Å². The first-order valence-corrected chi connectivity index (χ1v) is 22.2. The van der Waals surface area contributed by atoms with Crippen molar-refractivity contribution in [1.29, 1.82) is 0 Å². The minimum atomic E-state index is -0.229. The Bertz CT molecular complexity index is 3010. The molecule has 9 rings (SSSR count). The second kappa shape index (κ2) is 27.4. The zero-order valence-corrected chi connectivity index (χ0v) is 45.2. The fraction of sp³-hybridized carbons (Fsp3) is 0.131. The predicted molar refractivity (Wildman–Crippen MR) is 275 cm³/mol. The molecule has 0 unspecified atom stereocenters. The van der Waals surface area contributed by atoms with Gasteiger partial charge in [-0.05, 0) is 98.9 Å². The summed E-state index contributed by atoms with van der Waals surface area (Å²) in [5.41, 5.74) is 18.9. The molecule has 9 heteroatoms. The Balaban J connectivity index is 0.000000227. The average Bonchev–Trinajstić information content (AvgIpc) is 3.32. The first kappa shape index (κ1) is 55.7. The Morgan fingerprint density at radius 1 is 0.543 bits per heavy atom. The molecule has 3 aromatic heterocycles. The molecule has 0 aliphatic rings. The number of carbonyl (C=O) groups is 1. The van der Waals surface area contributed by atoms with E-state index in [1.165, 1.54) is 59.9 Å². The van der Waals surface area contributed by atoms with Gasteiger partial charge in [-0.3, -0.25) is 9.78 Å². The van der Waals surface area contributed by atoms with E-state index in [0.717, 1.165) is 73.0 Å². The van der Waals surface area contributed by atoms with E-state index in [-0.39, 0.29) is 57.6 Å². The van der Waals surface area contributed by atoms with E-state index in [9.17, 15) is 9.18 Å². The molecule has 6 nitrogen and oxygen atoms in total. The number of nitrogens with zero attached hydrogens (tertiary/aromatic N) is 4. The molecule has 70 heavy (non-hydrogen) atoms.